The quantitative estimate of drug-likeness (QED) is 0.832. The molecule has 0 saturated carbocycles. The minimum Gasteiger partial charge on any atom is -0.383 e. The van der Waals surface area contributed by atoms with Gasteiger partial charge in [0.2, 0.25) is 5.91 Å². The van der Waals surface area contributed by atoms with Gasteiger partial charge in [0.1, 0.15) is 0 Å². The molecule has 0 saturated heterocycles. The molecular formula is C17H21N3O4. The Hall–Kier alpha value is -2.67. The molecule has 1 unspecified atom stereocenters. The Bertz CT molecular complexity index is 684. The van der Waals surface area contributed by atoms with Gasteiger partial charge in [0, 0.05) is 25.8 Å². The van der Waals surface area contributed by atoms with Gasteiger partial charge >= 0.3 is 0 Å². The van der Waals surface area contributed by atoms with Crippen molar-refractivity contribution in [2.75, 3.05) is 27.3 Å². The molecule has 0 bridgehead atoms. The third-order valence-electron chi connectivity index (χ3n) is 3.66. The third-order valence-corrected chi connectivity index (χ3v) is 3.66. The zero-order valence-corrected chi connectivity index (χ0v) is 14.0. The van der Waals surface area contributed by atoms with Crippen LogP contribution in [0.2, 0.25) is 0 Å². The Morgan fingerprint density at radius 2 is 2.04 bits per heavy atom. The molecule has 1 aromatic heterocycles. The van der Waals surface area contributed by atoms with Gasteiger partial charge in [-0.05, 0) is 6.92 Å². The second kappa shape index (κ2) is 8.26. The smallest absolute Gasteiger partial charge is 0.273 e. The van der Waals surface area contributed by atoms with Crippen molar-refractivity contribution in [3.63, 3.8) is 0 Å². The number of hydrogen-bond acceptors (Lipinski definition) is 5. The molecule has 1 aromatic carbocycles. The maximum Gasteiger partial charge on any atom is 0.273 e. The fourth-order valence-electron chi connectivity index (χ4n) is 2.09. The van der Waals surface area contributed by atoms with Crippen LogP contribution in [0.4, 0.5) is 0 Å². The number of nitrogens with one attached hydrogen (secondary N) is 1. The fraction of sp³-hybridized carbons (Fsp3) is 0.353. The molecule has 2 amide bonds. The van der Waals surface area contributed by atoms with E-state index in [1.165, 1.54) is 4.90 Å². The summed E-state index contributed by atoms with van der Waals surface area (Å²) in [7, 11) is 3.24. The van der Waals surface area contributed by atoms with Gasteiger partial charge in [-0.1, -0.05) is 35.5 Å². The van der Waals surface area contributed by atoms with Gasteiger partial charge in [0.15, 0.2) is 11.5 Å². The van der Waals surface area contributed by atoms with Crippen molar-refractivity contribution in [3.05, 3.63) is 42.1 Å². The number of hydrogen-bond donors (Lipinski definition) is 1. The van der Waals surface area contributed by atoms with Gasteiger partial charge in [-0.25, -0.2) is 0 Å². The van der Waals surface area contributed by atoms with Crippen LogP contribution in [-0.2, 0) is 9.53 Å². The monoisotopic (exact) mass is 331 g/mol. The van der Waals surface area contributed by atoms with E-state index in [-0.39, 0.29) is 24.2 Å². The molecule has 2 aromatic rings. The van der Waals surface area contributed by atoms with Crippen LogP contribution in [0.3, 0.4) is 0 Å². The van der Waals surface area contributed by atoms with E-state index in [2.05, 4.69) is 10.5 Å². The highest BCUT2D eigenvalue weighted by Gasteiger charge is 2.18. The number of rotatable bonds is 7. The van der Waals surface area contributed by atoms with E-state index >= 15 is 0 Å². The SMILES string of the molecule is COCC(C)N(C)C(=O)CNC(=O)c1cc(-c2ccccc2)on1. The molecule has 24 heavy (non-hydrogen) atoms. The first kappa shape index (κ1) is 17.7. The van der Waals surface area contributed by atoms with Crippen LogP contribution >= 0.6 is 0 Å². The van der Waals surface area contributed by atoms with Gasteiger partial charge in [0.05, 0.1) is 19.2 Å². The number of ether oxygens (including phenoxy) is 1. The van der Waals surface area contributed by atoms with Crippen LogP contribution in [-0.4, -0.2) is 55.2 Å². The Balaban J connectivity index is 1.91. The van der Waals surface area contributed by atoms with Crippen molar-refractivity contribution in [1.29, 1.82) is 0 Å². The van der Waals surface area contributed by atoms with Crippen LogP contribution in [0, 0.1) is 0 Å². The molecule has 1 N–H and O–H groups in total. The number of amides is 2. The summed E-state index contributed by atoms with van der Waals surface area (Å²) in [5, 5.41) is 6.30. The molecule has 7 heteroatoms. The Labute approximate surface area is 140 Å². The van der Waals surface area contributed by atoms with Crippen LogP contribution in [0.5, 0.6) is 0 Å². The third kappa shape index (κ3) is 4.42. The first-order valence-corrected chi connectivity index (χ1v) is 7.58. The predicted molar refractivity (Wildman–Crippen MR) is 88.4 cm³/mol. The first-order valence-electron chi connectivity index (χ1n) is 7.58. The van der Waals surface area contributed by atoms with Gasteiger partial charge in [-0.15, -0.1) is 0 Å². The maximum atomic E-state index is 12.1. The number of nitrogens with zero attached hydrogens (tertiary/aromatic N) is 2. The van der Waals surface area contributed by atoms with E-state index in [1.54, 1.807) is 20.2 Å². The lowest BCUT2D eigenvalue weighted by molar-refractivity contribution is -0.131. The van der Waals surface area contributed by atoms with E-state index in [0.29, 0.717) is 12.4 Å². The Morgan fingerprint density at radius 1 is 1.33 bits per heavy atom. The van der Waals surface area contributed by atoms with Gasteiger partial charge < -0.3 is 19.5 Å². The summed E-state index contributed by atoms with van der Waals surface area (Å²) in [6.45, 7) is 2.18. The molecule has 0 aliphatic carbocycles. The van der Waals surface area contributed by atoms with E-state index < -0.39 is 5.91 Å². The van der Waals surface area contributed by atoms with Gasteiger partial charge in [-0.2, -0.15) is 0 Å². The first-order chi connectivity index (χ1) is 11.5. The minimum absolute atomic E-state index is 0.0730. The number of likely N-dealkylation sites (N-methyl/N-ethyl adjacent to an activating group) is 1. The van der Waals surface area contributed by atoms with Crippen molar-refractivity contribution in [1.82, 2.24) is 15.4 Å². The average molecular weight is 331 g/mol. The fourth-order valence-corrected chi connectivity index (χ4v) is 2.09. The van der Waals surface area contributed by atoms with Gasteiger partial charge in [0.25, 0.3) is 5.91 Å². The standard InChI is InChI=1S/C17H21N3O4/c1-12(11-23-3)20(2)16(21)10-18-17(22)14-9-15(24-19-14)13-7-5-4-6-8-13/h4-9,12H,10-11H2,1-3H3,(H,18,22). The summed E-state index contributed by atoms with van der Waals surface area (Å²) in [5.41, 5.74) is 0.961. The average Bonchev–Trinajstić information content (AvgIpc) is 3.10. The lowest BCUT2D eigenvalue weighted by Crippen LogP contribution is -2.43. The summed E-state index contributed by atoms with van der Waals surface area (Å²) < 4.78 is 10.2. The van der Waals surface area contributed by atoms with Crippen molar-refractivity contribution in [2.24, 2.45) is 0 Å². The zero-order valence-electron chi connectivity index (χ0n) is 14.0. The normalized spacial score (nSPS) is 11.8. The molecule has 128 valence electrons. The lowest BCUT2D eigenvalue weighted by atomic mass is 10.1. The summed E-state index contributed by atoms with van der Waals surface area (Å²) in [5.74, 6) is -0.167. The number of methoxy groups -OCH3 is 1. The van der Waals surface area contributed by atoms with Crippen LogP contribution in [0.1, 0.15) is 17.4 Å². The van der Waals surface area contributed by atoms with Crippen molar-refractivity contribution < 1.29 is 18.8 Å². The number of benzene rings is 1. The van der Waals surface area contributed by atoms with Gasteiger partial charge in [-0.3, -0.25) is 9.59 Å². The van der Waals surface area contributed by atoms with E-state index in [9.17, 15) is 9.59 Å². The topological polar surface area (TPSA) is 84.7 Å². The minimum atomic E-state index is -0.456. The highest BCUT2D eigenvalue weighted by atomic mass is 16.5. The molecule has 1 atom stereocenters. The molecule has 0 aliphatic rings. The molecule has 0 aliphatic heterocycles. The molecule has 0 radical (unpaired) electrons. The van der Waals surface area contributed by atoms with E-state index in [0.717, 1.165) is 5.56 Å². The van der Waals surface area contributed by atoms with Crippen molar-refractivity contribution in [3.8, 4) is 11.3 Å². The highest BCUT2D eigenvalue weighted by Crippen LogP contribution is 2.19. The van der Waals surface area contributed by atoms with Crippen molar-refractivity contribution in [2.45, 2.75) is 13.0 Å². The number of carbonyl (C=O) groups is 2. The predicted octanol–water partition coefficient (Wildman–Crippen LogP) is 1.56. The van der Waals surface area contributed by atoms with Crippen LogP contribution < -0.4 is 5.32 Å². The molecule has 7 nitrogen and oxygen atoms in total. The van der Waals surface area contributed by atoms with E-state index in [1.807, 2.05) is 37.3 Å². The lowest BCUT2D eigenvalue weighted by Gasteiger charge is -2.24. The zero-order chi connectivity index (χ0) is 17.5. The van der Waals surface area contributed by atoms with Crippen molar-refractivity contribution >= 4 is 11.8 Å². The largest absolute Gasteiger partial charge is 0.383 e. The molecular weight excluding hydrogens is 310 g/mol. The van der Waals surface area contributed by atoms with Crippen LogP contribution in [0.25, 0.3) is 11.3 Å². The van der Waals surface area contributed by atoms with E-state index in [4.69, 9.17) is 9.26 Å². The molecule has 0 spiro atoms. The summed E-state index contributed by atoms with van der Waals surface area (Å²) >= 11 is 0. The Morgan fingerprint density at radius 3 is 2.71 bits per heavy atom. The summed E-state index contributed by atoms with van der Waals surface area (Å²) in [6, 6.07) is 10.8. The second-order valence-electron chi connectivity index (χ2n) is 5.43. The second-order valence-corrected chi connectivity index (χ2v) is 5.43. The molecule has 0 fully saturated rings. The Kier molecular flexibility index (Phi) is 6.08. The number of carbonyl (C=O) groups excluding carboxylic acids is 2. The summed E-state index contributed by atoms with van der Waals surface area (Å²) in [6.07, 6.45) is 0. The maximum absolute atomic E-state index is 12.1. The van der Waals surface area contributed by atoms with Crippen LogP contribution in [0.15, 0.2) is 40.9 Å². The molecule has 2 rings (SSSR count). The molecule has 1 heterocycles. The summed E-state index contributed by atoms with van der Waals surface area (Å²) in [4.78, 5) is 25.6. The number of aromatic nitrogens is 1. The highest BCUT2D eigenvalue weighted by molar-refractivity contribution is 5.95.